The van der Waals surface area contributed by atoms with Gasteiger partial charge in [-0.15, -0.1) is 0 Å². The lowest BCUT2D eigenvalue weighted by molar-refractivity contribution is -0.302. The summed E-state index contributed by atoms with van der Waals surface area (Å²) in [6.45, 7) is 3.67. The fourth-order valence-electron chi connectivity index (χ4n) is 8.24. The van der Waals surface area contributed by atoms with Gasteiger partial charge < -0.3 is 40.3 Å². The Kier molecular flexibility index (Phi) is 43.3. The van der Waals surface area contributed by atoms with Gasteiger partial charge in [0.1, 0.15) is 24.4 Å². The van der Waals surface area contributed by atoms with Crippen molar-refractivity contribution in [3.05, 3.63) is 72.9 Å². The molecule has 1 heterocycles. The molecule has 0 aromatic carbocycles. The van der Waals surface area contributed by atoms with Crippen molar-refractivity contribution in [2.45, 2.75) is 269 Å². The first-order chi connectivity index (χ1) is 32.3. The molecule has 0 aromatic heterocycles. The van der Waals surface area contributed by atoms with Gasteiger partial charge >= 0.3 is 0 Å². The predicted molar refractivity (Wildman–Crippen MR) is 276 cm³/mol. The first-order valence-electron chi connectivity index (χ1n) is 27.2. The lowest BCUT2D eigenvalue weighted by Crippen LogP contribution is -2.60. The molecule has 66 heavy (non-hydrogen) atoms. The Morgan fingerprint density at radius 2 is 0.939 bits per heavy atom. The van der Waals surface area contributed by atoms with Crippen LogP contribution in [0.1, 0.15) is 226 Å². The van der Waals surface area contributed by atoms with Gasteiger partial charge in [-0.25, -0.2) is 0 Å². The van der Waals surface area contributed by atoms with Crippen LogP contribution in [-0.4, -0.2) is 87.5 Å². The topological polar surface area (TPSA) is 149 Å². The number of ether oxygens (including phenoxy) is 2. The highest BCUT2D eigenvalue weighted by molar-refractivity contribution is 5.76. The van der Waals surface area contributed by atoms with Crippen LogP contribution >= 0.6 is 0 Å². The summed E-state index contributed by atoms with van der Waals surface area (Å²) in [6, 6.07) is -0.812. The second kappa shape index (κ2) is 46.4. The molecule has 6 N–H and O–H groups in total. The monoisotopic (exact) mass is 928 g/mol. The van der Waals surface area contributed by atoms with Gasteiger partial charge in [0, 0.05) is 6.42 Å². The summed E-state index contributed by atoms with van der Waals surface area (Å²) in [5, 5.41) is 54.4. The number of nitrogens with one attached hydrogen (secondary N) is 1. The highest BCUT2D eigenvalue weighted by Crippen LogP contribution is 2.23. The summed E-state index contributed by atoms with van der Waals surface area (Å²) in [7, 11) is 0. The first kappa shape index (κ1) is 61.6. The van der Waals surface area contributed by atoms with Gasteiger partial charge in [-0.3, -0.25) is 4.79 Å². The summed E-state index contributed by atoms with van der Waals surface area (Å²) < 4.78 is 11.3. The van der Waals surface area contributed by atoms with E-state index in [0.717, 1.165) is 83.5 Å². The van der Waals surface area contributed by atoms with E-state index in [2.05, 4.69) is 79.9 Å². The predicted octanol–water partition coefficient (Wildman–Crippen LogP) is 12.9. The van der Waals surface area contributed by atoms with Crippen molar-refractivity contribution in [1.82, 2.24) is 5.32 Å². The SMILES string of the molecule is CC/C=C\C/C=C\C/C=C\C/C=C\C/C=C\CCCCCCCCCCCC(=O)NC(COC1OC(CO)C(O)C(O)C1O)C(O)/C=C/CCCCCCCCCCCCCCCCCC. The highest BCUT2D eigenvalue weighted by atomic mass is 16.7. The van der Waals surface area contributed by atoms with Gasteiger partial charge in [-0.05, 0) is 64.2 Å². The standard InChI is InChI=1S/C57H101NO8/c1-3-5-7-9-11-13-15-17-19-21-23-24-25-26-27-28-29-31-33-35-37-39-41-43-45-47-53(61)58-50(49-65-57-56(64)55(63)54(62)52(48-59)66-57)51(60)46-44-42-40-38-36-34-32-30-22-20-18-16-14-12-10-8-6-4-2/h5,7,11,13,17,19,23-24,26-27,44,46,50-52,54-57,59-60,62-64H,3-4,6,8-10,12,14-16,18,20-22,25,28-43,45,47-49H2,1-2H3,(H,58,61)/b7-5-,13-11-,19-17-,24-23-,27-26-,46-44+. The number of aliphatic hydroxyl groups is 5. The average molecular weight is 928 g/mol. The number of hydrogen-bond acceptors (Lipinski definition) is 8. The number of rotatable bonds is 45. The Morgan fingerprint density at radius 1 is 0.530 bits per heavy atom. The van der Waals surface area contributed by atoms with Crippen LogP contribution in [0, 0.1) is 0 Å². The van der Waals surface area contributed by atoms with Gasteiger partial charge in [-0.2, -0.15) is 0 Å². The molecule has 0 spiro atoms. The van der Waals surface area contributed by atoms with Crippen LogP contribution in [0.5, 0.6) is 0 Å². The van der Waals surface area contributed by atoms with Crippen molar-refractivity contribution in [3.63, 3.8) is 0 Å². The van der Waals surface area contributed by atoms with E-state index in [-0.39, 0.29) is 12.5 Å². The molecule has 7 atom stereocenters. The van der Waals surface area contributed by atoms with Crippen molar-refractivity contribution < 1.29 is 39.8 Å². The maximum atomic E-state index is 13.0. The minimum Gasteiger partial charge on any atom is -0.394 e. The Hall–Kier alpha value is -2.37. The molecule has 1 saturated heterocycles. The minimum absolute atomic E-state index is 0.185. The number of unbranched alkanes of at least 4 members (excludes halogenated alkanes) is 25. The quantitative estimate of drug-likeness (QED) is 0.0261. The Labute approximate surface area is 404 Å². The van der Waals surface area contributed by atoms with Crippen molar-refractivity contribution in [3.8, 4) is 0 Å². The molecule has 382 valence electrons. The summed E-state index contributed by atoms with van der Waals surface area (Å²) in [4.78, 5) is 13.0. The van der Waals surface area contributed by atoms with Gasteiger partial charge in [0.15, 0.2) is 6.29 Å². The van der Waals surface area contributed by atoms with Crippen molar-refractivity contribution in [1.29, 1.82) is 0 Å². The fourth-order valence-corrected chi connectivity index (χ4v) is 8.24. The number of allylic oxidation sites excluding steroid dienone is 11. The first-order valence-corrected chi connectivity index (χ1v) is 27.2. The summed E-state index contributed by atoms with van der Waals surface area (Å²) >= 11 is 0. The normalized spacial score (nSPS) is 20.4. The number of carbonyl (C=O) groups is 1. The second-order valence-electron chi connectivity index (χ2n) is 18.6. The van der Waals surface area contributed by atoms with E-state index < -0.39 is 49.5 Å². The van der Waals surface area contributed by atoms with Crippen molar-refractivity contribution in [2.75, 3.05) is 13.2 Å². The fraction of sp³-hybridized carbons (Fsp3) is 0.772. The maximum Gasteiger partial charge on any atom is 0.220 e. The highest BCUT2D eigenvalue weighted by Gasteiger charge is 2.44. The van der Waals surface area contributed by atoms with Crippen LogP contribution in [0.2, 0.25) is 0 Å². The molecular formula is C57H101NO8. The van der Waals surface area contributed by atoms with Crippen LogP contribution in [-0.2, 0) is 14.3 Å². The number of carbonyl (C=O) groups excluding carboxylic acids is 1. The van der Waals surface area contributed by atoms with Gasteiger partial charge in [0.25, 0.3) is 0 Å². The zero-order valence-electron chi connectivity index (χ0n) is 42.2. The molecule has 1 rings (SSSR count). The van der Waals surface area contributed by atoms with E-state index in [0.29, 0.717) is 6.42 Å². The summed E-state index contributed by atoms with van der Waals surface area (Å²) in [6.07, 6.45) is 56.6. The lowest BCUT2D eigenvalue weighted by Gasteiger charge is -2.40. The van der Waals surface area contributed by atoms with E-state index in [9.17, 15) is 30.3 Å². The molecule has 0 bridgehead atoms. The van der Waals surface area contributed by atoms with E-state index >= 15 is 0 Å². The molecule has 0 saturated carbocycles. The Balaban J connectivity index is 2.27. The molecule has 1 fully saturated rings. The van der Waals surface area contributed by atoms with Gasteiger partial charge in [0.2, 0.25) is 5.91 Å². The number of amides is 1. The molecule has 0 aromatic rings. The molecule has 0 aliphatic carbocycles. The van der Waals surface area contributed by atoms with Crippen LogP contribution in [0.3, 0.4) is 0 Å². The smallest absolute Gasteiger partial charge is 0.220 e. The van der Waals surface area contributed by atoms with Gasteiger partial charge in [-0.1, -0.05) is 228 Å². The van der Waals surface area contributed by atoms with E-state index in [4.69, 9.17) is 9.47 Å². The van der Waals surface area contributed by atoms with Crippen LogP contribution < -0.4 is 5.32 Å². The van der Waals surface area contributed by atoms with E-state index in [1.54, 1.807) is 6.08 Å². The zero-order valence-corrected chi connectivity index (χ0v) is 42.2. The molecule has 9 nitrogen and oxygen atoms in total. The van der Waals surface area contributed by atoms with E-state index in [1.165, 1.54) is 122 Å². The third-order valence-corrected chi connectivity index (χ3v) is 12.5. The Bertz CT molecular complexity index is 1260. The van der Waals surface area contributed by atoms with Crippen molar-refractivity contribution >= 4 is 5.91 Å². The summed E-state index contributed by atoms with van der Waals surface area (Å²) in [5.74, 6) is -0.185. The second-order valence-corrected chi connectivity index (χ2v) is 18.6. The number of aliphatic hydroxyl groups excluding tert-OH is 5. The third-order valence-electron chi connectivity index (χ3n) is 12.5. The molecule has 7 unspecified atom stereocenters. The largest absolute Gasteiger partial charge is 0.394 e. The lowest BCUT2D eigenvalue weighted by atomic mass is 9.99. The molecule has 1 amide bonds. The maximum absolute atomic E-state index is 13.0. The van der Waals surface area contributed by atoms with E-state index in [1.807, 2.05) is 6.08 Å². The molecule has 1 aliphatic rings. The average Bonchev–Trinajstić information content (AvgIpc) is 3.32. The molecule has 1 aliphatic heterocycles. The van der Waals surface area contributed by atoms with Gasteiger partial charge in [0.05, 0.1) is 25.4 Å². The molecule has 0 radical (unpaired) electrons. The van der Waals surface area contributed by atoms with Crippen molar-refractivity contribution in [2.24, 2.45) is 0 Å². The number of hydrogen-bond donors (Lipinski definition) is 6. The zero-order chi connectivity index (χ0) is 48.0. The van der Waals surface area contributed by atoms with Crippen LogP contribution in [0.4, 0.5) is 0 Å². The Morgan fingerprint density at radius 3 is 1.39 bits per heavy atom. The molecular weight excluding hydrogens is 827 g/mol. The third kappa shape index (κ3) is 35.7. The molecule has 9 heteroatoms. The summed E-state index contributed by atoms with van der Waals surface area (Å²) in [5.41, 5.74) is 0. The van der Waals surface area contributed by atoms with Crippen LogP contribution in [0.25, 0.3) is 0 Å². The van der Waals surface area contributed by atoms with Crippen LogP contribution in [0.15, 0.2) is 72.9 Å². The minimum atomic E-state index is -1.57.